The van der Waals surface area contributed by atoms with Crippen molar-refractivity contribution in [3.8, 4) is 11.5 Å². The number of nitrogens with one attached hydrogen (secondary N) is 1. The first-order valence-electron chi connectivity index (χ1n) is 12.8. The van der Waals surface area contributed by atoms with Crippen LogP contribution in [-0.4, -0.2) is 33.5 Å². The van der Waals surface area contributed by atoms with Crippen molar-refractivity contribution in [2.45, 2.75) is 76.6 Å². The summed E-state index contributed by atoms with van der Waals surface area (Å²) in [6.45, 7) is 6.74. The van der Waals surface area contributed by atoms with Crippen molar-refractivity contribution in [3.63, 3.8) is 0 Å². The van der Waals surface area contributed by atoms with Gasteiger partial charge in [-0.05, 0) is 73.2 Å². The molecule has 0 bridgehead atoms. The van der Waals surface area contributed by atoms with Crippen LogP contribution in [-0.2, 0) is 11.4 Å². The van der Waals surface area contributed by atoms with E-state index in [0.717, 1.165) is 56.6 Å². The molecule has 37 heavy (non-hydrogen) atoms. The molecule has 0 atom stereocenters. The Morgan fingerprint density at radius 3 is 2.57 bits per heavy atom. The highest BCUT2D eigenvalue weighted by Gasteiger charge is 2.24. The van der Waals surface area contributed by atoms with Gasteiger partial charge in [0, 0.05) is 16.2 Å². The van der Waals surface area contributed by atoms with Gasteiger partial charge in [-0.3, -0.25) is 9.36 Å². The third-order valence-electron chi connectivity index (χ3n) is 6.65. The van der Waals surface area contributed by atoms with E-state index in [-0.39, 0.29) is 11.7 Å². The molecule has 3 aromatic rings. The zero-order chi connectivity index (χ0) is 26.4. The summed E-state index contributed by atoms with van der Waals surface area (Å²) in [6, 6.07) is 11.9. The summed E-state index contributed by atoms with van der Waals surface area (Å²) in [5.74, 6) is 2.93. The van der Waals surface area contributed by atoms with E-state index in [4.69, 9.17) is 9.47 Å². The zero-order valence-corrected chi connectivity index (χ0v) is 24.3. The highest BCUT2D eigenvalue weighted by molar-refractivity contribution is 9.10. The van der Waals surface area contributed by atoms with E-state index in [1.165, 1.54) is 31.0 Å². The first-order valence-corrected chi connectivity index (χ1v) is 14.6. The average Bonchev–Trinajstić information content (AvgIpc) is 3.31. The van der Waals surface area contributed by atoms with E-state index in [1.54, 1.807) is 7.11 Å². The van der Waals surface area contributed by atoms with Crippen molar-refractivity contribution < 1.29 is 14.3 Å². The fraction of sp³-hybridized carbons (Fsp3) is 0.464. The maximum absolute atomic E-state index is 12.7. The van der Waals surface area contributed by atoms with Gasteiger partial charge in [0.25, 0.3) is 0 Å². The van der Waals surface area contributed by atoms with Crippen LogP contribution in [0.2, 0.25) is 0 Å². The zero-order valence-electron chi connectivity index (χ0n) is 21.9. The first-order chi connectivity index (χ1) is 17.9. The number of thioether (sulfide) groups is 1. The number of carbonyl (C=O) groups is 1. The molecule has 1 fully saturated rings. The maximum Gasteiger partial charge on any atom is 0.234 e. The molecule has 1 saturated carbocycles. The normalized spacial score (nSPS) is 14.1. The highest BCUT2D eigenvalue weighted by Crippen LogP contribution is 2.35. The quantitative estimate of drug-likeness (QED) is 0.251. The Labute approximate surface area is 231 Å². The van der Waals surface area contributed by atoms with Crippen molar-refractivity contribution in [3.05, 3.63) is 57.8 Å². The van der Waals surface area contributed by atoms with Gasteiger partial charge in [-0.25, -0.2) is 0 Å². The van der Waals surface area contributed by atoms with Crippen molar-refractivity contribution in [1.29, 1.82) is 0 Å². The number of carbonyl (C=O) groups excluding carboxylic acids is 1. The number of halogens is 1. The van der Waals surface area contributed by atoms with Gasteiger partial charge in [-0.1, -0.05) is 60.8 Å². The third kappa shape index (κ3) is 7.08. The minimum Gasteiger partial charge on any atom is -0.497 e. The maximum atomic E-state index is 12.7. The van der Waals surface area contributed by atoms with Crippen molar-refractivity contribution >= 4 is 39.3 Å². The van der Waals surface area contributed by atoms with E-state index in [1.807, 2.05) is 24.3 Å². The number of nitrogens with zero attached hydrogens (tertiary/aromatic N) is 3. The lowest BCUT2D eigenvalue weighted by molar-refractivity contribution is -0.113. The Morgan fingerprint density at radius 1 is 1.16 bits per heavy atom. The molecule has 0 radical (unpaired) electrons. The molecule has 0 spiro atoms. The van der Waals surface area contributed by atoms with Crippen molar-refractivity contribution in [2.24, 2.45) is 0 Å². The number of ether oxygens (including phenoxy) is 2. The molecule has 4 rings (SSSR count). The topological polar surface area (TPSA) is 78.3 Å². The highest BCUT2D eigenvalue weighted by atomic mass is 79.9. The molecule has 2 aromatic carbocycles. The number of anilines is 1. The van der Waals surface area contributed by atoms with Crippen LogP contribution in [0.15, 0.2) is 46.0 Å². The van der Waals surface area contributed by atoms with Gasteiger partial charge in [0.1, 0.15) is 18.1 Å². The van der Waals surface area contributed by atoms with E-state index in [9.17, 15) is 4.79 Å². The summed E-state index contributed by atoms with van der Waals surface area (Å²) in [6.07, 6.45) is 5.81. The van der Waals surface area contributed by atoms with Gasteiger partial charge in [0.15, 0.2) is 11.0 Å². The van der Waals surface area contributed by atoms with Gasteiger partial charge in [-0.2, -0.15) is 0 Å². The van der Waals surface area contributed by atoms with Crippen molar-refractivity contribution in [2.75, 3.05) is 18.2 Å². The molecule has 1 heterocycles. The smallest absolute Gasteiger partial charge is 0.234 e. The molecule has 7 nitrogen and oxygen atoms in total. The summed E-state index contributed by atoms with van der Waals surface area (Å²) in [5, 5.41) is 12.7. The molecule has 1 amide bonds. The van der Waals surface area contributed by atoms with E-state index >= 15 is 0 Å². The van der Waals surface area contributed by atoms with E-state index in [0.29, 0.717) is 18.6 Å². The molecule has 198 valence electrons. The Kier molecular flexibility index (Phi) is 9.54. The van der Waals surface area contributed by atoms with Crippen LogP contribution in [0.25, 0.3) is 0 Å². The van der Waals surface area contributed by atoms with Gasteiger partial charge >= 0.3 is 0 Å². The van der Waals surface area contributed by atoms with E-state index in [2.05, 4.69) is 68.9 Å². The predicted octanol–water partition coefficient (Wildman–Crippen LogP) is 7.30. The van der Waals surface area contributed by atoms with Crippen LogP contribution in [0.3, 0.4) is 0 Å². The minimum atomic E-state index is -0.0851. The lowest BCUT2D eigenvalue weighted by Gasteiger charge is -2.25. The molecule has 0 unspecified atom stereocenters. The number of benzene rings is 2. The second kappa shape index (κ2) is 12.8. The summed E-state index contributed by atoms with van der Waals surface area (Å²) in [5.41, 5.74) is 3.03. The molecule has 1 aromatic heterocycles. The third-order valence-corrected chi connectivity index (χ3v) is 8.45. The second-order valence-corrected chi connectivity index (χ2v) is 11.5. The second-order valence-electron chi connectivity index (χ2n) is 9.71. The molecule has 0 saturated heterocycles. The number of hydrogen-bond donors (Lipinski definition) is 1. The Balaban J connectivity index is 1.48. The number of rotatable bonds is 10. The SMILES string of the molecule is COc1ccc(NC(=O)CSc2nnc(COc3cc(C)c(Br)cc3C(C)C)n2C2CCCCC2)cc1. The van der Waals surface area contributed by atoms with E-state index < -0.39 is 0 Å². The van der Waals surface area contributed by atoms with Gasteiger partial charge in [-0.15, -0.1) is 10.2 Å². The van der Waals surface area contributed by atoms with Gasteiger partial charge in [0.05, 0.1) is 12.9 Å². The molecular weight excluding hydrogens is 552 g/mol. The predicted molar refractivity (Wildman–Crippen MR) is 152 cm³/mol. The molecule has 1 aliphatic carbocycles. The summed E-state index contributed by atoms with van der Waals surface area (Å²) in [4.78, 5) is 12.7. The summed E-state index contributed by atoms with van der Waals surface area (Å²) < 4.78 is 14.8. The fourth-order valence-corrected chi connectivity index (χ4v) is 5.79. The molecule has 9 heteroatoms. The number of hydrogen-bond acceptors (Lipinski definition) is 6. The van der Waals surface area contributed by atoms with Crippen LogP contribution in [0.5, 0.6) is 11.5 Å². The van der Waals surface area contributed by atoms with Crippen LogP contribution < -0.4 is 14.8 Å². The summed E-state index contributed by atoms with van der Waals surface area (Å²) >= 11 is 5.07. The monoisotopic (exact) mass is 586 g/mol. The number of aromatic nitrogens is 3. The Morgan fingerprint density at radius 2 is 1.89 bits per heavy atom. The van der Waals surface area contributed by atoms with Crippen LogP contribution in [0, 0.1) is 6.92 Å². The Bertz CT molecular complexity index is 1210. The fourth-order valence-electron chi connectivity index (χ4n) is 4.60. The largest absolute Gasteiger partial charge is 0.497 e. The number of methoxy groups -OCH3 is 1. The van der Waals surface area contributed by atoms with Crippen LogP contribution >= 0.6 is 27.7 Å². The Hall–Kier alpha value is -2.52. The standard InChI is InChI=1S/C28H35BrN4O3S/c1-18(2)23-15-24(29)19(3)14-25(23)36-16-26-31-32-28(33(26)21-8-6-5-7-9-21)37-17-27(34)30-20-10-12-22(35-4)13-11-20/h10-15,18,21H,5-9,16-17H2,1-4H3,(H,30,34). The molecule has 1 aliphatic rings. The number of aryl methyl sites for hydroxylation is 1. The van der Waals surface area contributed by atoms with Crippen molar-refractivity contribution in [1.82, 2.24) is 14.8 Å². The summed E-state index contributed by atoms with van der Waals surface area (Å²) in [7, 11) is 1.62. The van der Waals surface area contributed by atoms with Crippen LogP contribution in [0.4, 0.5) is 5.69 Å². The molecular formula is C28H35BrN4O3S. The lowest BCUT2D eigenvalue weighted by atomic mass is 9.95. The van der Waals surface area contributed by atoms with Gasteiger partial charge < -0.3 is 14.8 Å². The average molecular weight is 588 g/mol. The number of amides is 1. The van der Waals surface area contributed by atoms with Crippen LogP contribution in [0.1, 0.15) is 74.9 Å². The first kappa shape index (κ1) is 27.5. The molecule has 0 aliphatic heterocycles. The minimum absolute atomic E-state index is 0.0851. The molecule has 1 N–H and O–H groups in total. The lowest BCUT2D eigenvalue weighted by Crippen LogP contribution is -2.19. The van der Waals surface area contributed by atoms with Gasteiger partial charge in [0.2, 0.25) is 5.91 Å².